The lowest BCUT2D eigenvalue weighted by molar-refractivity contribution is 0.196. The fourth-order valence-corrected chi connectivity index (χ4v) is 2.56. The van der Waals surface area contributed by atoms with Gasteiger partial charge in [0.1, 0.15) is 0 Å². The summed E-state index contributed by atoms with van der Waals surface area (Å²) in [6.07, 6.45) is -0.331. The molecule has 4 nitrogen and oxygen atoms in total. The van der Waals surface area contributed by atoms with E-state index in [1.165, 1.54) is 0 Å². The van der Waals surface area contributed by atoms with Crippen molar-refractivity contribution in [2.45, 2.75) is 31.2 Å². The van der Waals surface area contributed by atoms with Crippen LogP contribution in [0.3, 0.4) is 0 Å². The molecule has 0 aliphatic rings. The Morgan fingerprint density at radius 3 is 2.37 bits per heavy atom. The molecule has 0 fully saturated rings. The molecule has 0 aliphatic heterocycles. The number of benzene rings is 1. The monoisotopic (exact) mass is 285 g/mol. The van der Waals surface area contributed by atoms with Crippen molar-refractivity contribution in [3.8, 4) is 11.5 Å². The molecule has 0 aliphatic carbocycles. The predicted molar refractivity (Wildman–Crippen MR) is 80.1 cm³/mol. The van der Waals surface area contributed by atoms with Crippen LogP contribution in [0.1, 0.15) is 25.5 Å². The molecule has 5 heteroatoms. The van der Waals surface area contributed by atoms with Crippen molar-refractivity contribution >= 4 is 11.8 Å². The second kappa shape index (κ2) is 7.62. The van der Waals surface area contributed by atoms with Gasteiger partial charge >= 0.3 is 0 Å². The van der Waals surface area contributed by atoms with E-state index < -0.39 is 0 Å². The highest BCUT2D eigenvalue weighted by atomic mass is 32.2. The molecule has 1 rings (SSSR count). The van der Waals surface area contributed by atoms with Crippen molar-refractivity contribution in [3.63, 3.8) is 0 Å². The third-order valence-electron chi connectivity index (χ3n) is 3.05. The average Bonchev–Trinajstić information content (AvgIpc) is 2.43. The van der Waals surface area contributed by atoms with Gasteiger partial charge in [-0.05, 0) is 24.6 Å². The number of methoxy groups -OCH3 is 2. The number of ether oxygens (including phenoxy) is 2. The lowest BCUT2D eigenvalue weighted by Gasteiger charge is -2.18. The highest BCUT2D eigenvalue weighted by Crippen LogP contribution is 2.30. The van der Waals surface area contributed by atoms with Crippen LogP contribution in [0, 0.1) is 0 Å². The molecule has 0 bridgehead atoms. The van der Waals surface area contributed by atoms with Crippen LogP contribution in [0.2, 0.25) is 0 Å². The van der Waals surface area contributed by atoms with E-state index in [-0.39, 0.29) is 17.4 Å². The summed E-state index contributed by atoms with van der Waals surface area (Å²) in [6, 6.07) is 5.61. The zero-order valence-electron chi connectivity index (χ0n) is 11.9. The molecule has 0 radical (unpaired) electrons. The van der Waals surface area contributed by atoms with Crippen LogP contribution in [0.4, 0.5) is 0 Å². The first-order valence-corrected chi connectivity index (χ1v) is 7.31. The Kier molecular flexibility index (Phi) is 6.48. The molecule has 19 heavy (non-hydrogen) atoms. The van der Waals surface area contributed by atoms with Crippen LogP contribution in [0.25, 0.3) is 0 Å². The van der Waals surface area contributed by atoms with Crippen LogP contribution < -0.4 is 15.2 Å². The van der Waals surface area contributed by atoms with Gasteiger partial charge in [-0.2, -0.15) is 11.8 Å². The molecule has 1 aromatic rings. The number of aliphatic hydroxyl groups is 1. The zero-order valence-corrected chi connectivity index (χ0v) is 12.7. The Balaban J connectivity index is 2.69. The summed E-state index contributed by atoms with van der Waals surface area (Å²) in [5, 5.41) is 9.63. The maximum atomic E-state index is 9.46. The third-order valence-corrected chi connectivity index (χ3v) is 4.53. The molecular formula is C14H23NO3S. The maximum absolute atomic E-state index is 9.46. The quantitative estimate of drug-likeness (QED) is 0.804. The summed E-state index contributed by atoms with van der Waals surface area (Å²) in [6.45, 7) is 3.79. The number of aliphatic hydroxyl groups excluding tert-OH is 1. The predicted octanol–water partition coefficient (Wildman–Crippen LogP) is 2.21. The summed E-state index contributed by atoms with van der Waals surface area (Å²) in [4.78, 5) is 0. The maximum Gasteiger partial charge on any atom is 0.161 e. The van der Waals surface area contributed by atoms with Crippen molar-refractivity contribution in [1.29, 1.82) is 0 Å². The minimum Gasteiger partial charge on any atom is -0.493 e. The Hall–Kier alpha value is -0.910. The van der Waals surface area contributed by atoms with Gasteiger partial charge in [0.25, 0.3) is 0 Å². The van der Waals surface area contributed by atoms with Gasteiger partial charge in [-0.3, -0.25) is 0 Å². The van der Waals surface area contributed by atoms with Gasteiger partial charge in [0.2, 0.25) is 0 Å². The number of hydrogen-bond acceptors (Lipinski definition) is 5. The van der Waals surface area contributed by atoms with E-state index in [4.69, 9.17) is 15.2 Å². The molecule has 1 aromatic carbocycles. The molecule has 0 saturated heterocycles. The lowest BCUT2D eigenvalue weighted by Crippen LogP contribution is -2.20. The van der Waals surface area contributed by atoms with Gasteiger partial charge in [-0.15, -0.1) is 0 Å². The van der Waals surface area contributed by atoms with E-state index in [1.54, 1.807) is 32.9 Å². The largest absolute Gasteiger partial charge is 0.493 e. The standard InChI is InChI=1S/C14H23NO3S/c1-9(16)10(2)19-8-12(15)11-5-6-13(17-3)14(7-11)18-4/h5-7,9-10,12,16H,8,15H2,1-4H3. The van der Waals surface area contributed by atoms with Gasteiger partial charge in [-0.1, -0.05) is 13.0 Å². The van der Waals surface area contributed by atoms with Gasteiger partial charge in [0.05, 0.1) is 20.3 Å². The molecule has 108 valence electrons. The molecule has 3 N–H and O–H groups in total. The fraction of sp³-hybridized carbons (Fsp3) is 0.571. The number of thioether (sulfide) groups is 1. The van der Waals surface area contributed by atoms with E-state index in [0.29, 0.717) is 11.5 Å². The topological polar surface area (TPSA) is 64.7 Å². The summed E-state index contributed by atoms with van der Waals surface area (Å²) in [5.74, 6) is 2.13. The Bertz CT molecular complexity index is 398. The second-order valence-electron chi connectivity index (χ2n) is 4.50. The lowest BCUT2D eigenvalue weighted by atomic mass is 10.1. The van der Waals surface area contributed by atoms with E-state index in [2.05, 4.69) is 0 Å². The van der Waals surface area contributed by atoms with Crippen LogP contribution in [0.15, 0.2) is 18.2 Å². The first-order valence-electron chi connectivity index (χ1n) is 6.26. The van der Waals surface area contributed by atoms with Crippen molar-refractivity contribution in [2.24, 2.45) is 5.73 Å². The smallest absolute Gasteiger partial charge is 0.161 e. The zero-order chi connectivity index (χ0) is 14.4. The minimum absolute atomic E-state index is 0.0917. The minimum atomic E-state index is -0.331. The average molecular weight is 285 g/mol. The molecule has 3 unspecified atom stereocenters. The van der Waals surface area contributed by atoms with Gasteiger partial charge in [-0.25, -0.2) is 0 Å². The van der Waals surface area contributed by atoms with Crippen molar-refractivity contribution in [2.75, 3.05) is 20.0 Å². The molecule has 0 heterocycles. The van der Waals surface area contributed by atoms with Crippen molar-refractivity contribution < 1.29 is 14.6 Å². The van der Waals surface area contributed by atoms with E-state index >= 15 is 0 Å². The van der Waals surface area contributed by atoms with E-state index in [0.717, 1.165) is 11.3 Å². The summed E-state index contributed by atoms with van der Waals surface area (Å²) in [7, 11) is 3.22. The molecule has 0 aromatic heterocycles. The van der Waals surface area contributed by atoms with Gasteiger partial charge < -0.3 is 20.3 Å². The molecule has 0 amide bonds. The van der Waals surface area contributed by atoms with Gasteiger partial charge in [0.15, 0.2) is 11.5 Å². The summed E-state index contributed by atoms with van der Waals surface area (Å²) in [5.41, 5.74) is 7.16. The SMILES string of the molecule is COc1ccc(C(N)CSC(C)C(C)O)cc1OC. The third kappa shape index (κ3) is 4.60. The van der Waals surface area contributed by atoms with E-state index in [1.807, 2.05) is 25.1 Å². The number of rotatable bonds is 7. The molecule has 3 atom stereocenters. The first-order chi connectivity index (χ1) is 8.99. The second-order valence-corrected chi connectivity index (χ2v) is 5.91. The summed E-state index contributed by atoms with van der Waals surface area (Å²) < 4.78 is 10.5. The highest BCUT2D eigenvalue weighted by Gasteiger charge is 2.14. The summed E-state index contributed by atoms with van der Waals surface area (Å²) >= 11 is 1.66. The molecule has 0 saturated carbocycles. The Morgan fingerprint density at radius 2 is 1.84 bits per heavy atom. The number of nitrogens with two attached hydrogens (primary N) is 1. The normalized spacial score (nSPS) is 15.7. The Labute approximate surface area is 119 Å². The van der Waals surface area contributed by atoms with Crippen molar-refractivity contribution in [3.05, 3.63) is 23.8 Å². The number of hydrogen-bond donors (Lipinski definition) is 2. The Morgan fingerprint density at radius 1 is 1.21 bits per heavy atom. The van der Waals surface area contributed by atoms with Crippen LogP contribution in [-0.2, 0) is 0 Å². The fourth-order valence-electron chi connectivity index (χ4n) is 1.57. The van der Waals surface area contributed by atoms with Crippen molar-refractivity contribution in [1.82, 2.24) is 0 Å². The van der Waals surface area contributed by atoms with Crippen LogP contribution in [-0.4, -0.2) is 36.4 Å². The first kappa shape index (κ1) is 16.1. The molecule has 0 spiro atoms. The molecular weight excluding hydrogens is 262 g/mol. The van der Waals surface area contributed by atoms with Crippen LogP contribution >= 0.6 is 11.8 Å². The van der Waals surface area contributed by atoms with E-state index in [9.17, 15) is 5.11 Å². The van der Waals surface area contributed by atoms with Crippen LogP contribution in [0.5, 0.6) is 11.5 Å². The highest BCUT2D eigenvalue weighted by molar-refractivity contribution is 7.99. The van der Waals surface area contributed by atoms with Gasteiger partial charge in [0, 0.05) is 17.0 Å².